The molecule has 0 fully saturated rings. The third kappa shape index (κ3) is 43.1. The number of hydrogen-bond acceptors (Lipinski definition) is 5. The highest BCUT2D eigenvalue weighted by molar-refractivity contribution is 5.60. The van der Waals surface area contributed by atoms with Crippen LogP contribution in [-0.2, 0) is 9.47 Å². The van der Waals surface area contributed by atoms with Crippen LogP contribution in [0.4, 0.5) is 4.79 Å². The number of nitrogens with zero attached hydrogens (tertiary/aromatic N) is 2. The third-order valence-electron chi connectivity index (χ3n) is 10.5. The van der Waals surface area contributed by atoms with E-state index in [4.69, 9.17) is 9.47 Å². The molecule has 0 amide bonds. The van der Waals surface area contributed by atoms with Crippen LogP contribution in [0, 0.1) is 0 Å². The largest absolute Gasteiger partial charge is 0.508 e. The van der Waals surface area contributed by atoms with Crippen LogP contribution in [0.2, 0.25) is 0 Å². The van der Waals surface area contributed by atoms with Crippen LogP contribution in [0.25, 0.3) is 0 Å². The zero-order chi connectivity index (χ0) is 40.1. The van der Waals surface area contributed by atoms with Crippen LogP contribution >= 0.6 is 0 Å². The topological polar surface area (TPSA) is 42.0 Å². The van der Waals surface area contributed by atoms with Crippen LogP contribution in [0.3, 0.4) is 0 Å². The Labute approximate surface area is 344 Å². The number of allylic oxidation sites excluding steroid dienone is 8. The van der Waals surface area contributed by atoms with Crippen molar-refractivity contribution in [3.63, 3.8) is 0 Å². The van der Waals surface area contributed by atoms with Gasteiger partial charge in [-0.25, -0.2) is 4.79 Å². The Morgan fingerprint density at radius 3 is 1.33 bits per heavy atom. The highest BCUT2D eigenvalue weighted by atomic mass is 16.7. The van der Waals surface area contributed by atoms with Crippen LogP contribution in [0.5, 0.6) is 0 Å². The van der Waals surface area contributed by atoms with Crippen LogP contribution in [-0.4, -0.2) is 68.9 Å². The van der Waals surface area contributed by atoms with Gasteiger partial charge in [0.2, 0.25) is 0 Å². The van der Waals surface area contributed by atoms with Crippen molar-refractivity contribution >= 4 is 6.16 Å². The maximum Gasteiger partial charge on any atom is 0.508 e. The lowest BCUT2D eigenvalue weighted by molar-refractivity contribution is 0.0117. The molecule has 322 valence electrons. The van der Waals surface area contributed by atoms with Crippen molar-refractivity contribution in [1.82, 2.24) is 9.80 Å². The fraction of sp³-hybridized carbons (Fsp3) is 0.820. The first kappa shape index (κ1) is 53.1. The summed E-state index contributed by atoms with van der Waals surface area (Å²) in [6.45, 7) is 11.0. The Hall–Kier alpha value is -1.85. The molecule has 0 aromatic heterocycles. The number of ether oxygens (including phenoxy) is 2. The van der Waals surface area contributed by atoms with Gasteiger partial charge in [-0.3, -0.25) is 4.90 Å². The second kappa shape index (κ2) is 44.9. The summed E-state index contributed by atoms with van der Waals surface area (Å²) in [6.07, 6.45) is 55.2. The fourth-order valence-corrected chi connectivity index (χ4v) is 6.85. The maximum atomic E-state index is 12.8. The minimum Gasteiger partial charge on any atom is -0.433 e. The molecule has 0 saturated heterocycles. The summed E-state index contributed by atoms with van der Waals surface area (Å²) >= 11 is 0. The summed E-state index contributed by atoms with van der Waals surface area (Å²) in [7, 11) is 4.23. The molecule has 0 saturated carbocycles. The molecule has 0 rings (SSSR count). The van der Waals surface area contributed by atoms with Crippen molar-refractivity contribution in [1.29, 1.82) is 0 Å². The first-order valence-electron chi connectivity index (χ1n) is 23.8. The first-order chi connectivity index (χ1) is 27.0. The second-order valence-corrected chi connectivity index (χ2v) is 16.3. The predicted molar refractivity (Wildman–Crippen MR) is 243 cm³/mol. The molecule has 0 bridgehead atoms. The van der Waals surface area contributed by atoms with E-state index in [1.807, 2.05) is 0 Å². The summed E-state index contributed by atoms with van der Waals surface area (Å²) in [6, 6.07) is 0. The number of likely N-dealkylation sites (N-methyl/N-ethyl adjacent to an activating group) is 1. The normalized spacial score (nSPS) is 12.9. The van der Waals surface area contributed by atoms with E-state index in [0.29, 0.717) is 6.61 Å². The van der Waals surface area contributed by atoms with Gasteiger partial charge in [-0.15, -0.1) is 0 Å². The molecule has 55 heavy (non-hydrogen) atoms. The smallest absolute Gasteiger partial charge is 0.433 e. The van der Waals surface area contributed by atoms with Gasteiger partial charge in [0.15, 0.2) is 0 Å². The third-order valence-corrected chi connectivity index (χ3v) is 10.5. The highest BCUT2D eigenvalue weighted by Gasteiger charge is 2.16. The van der Waals surface area contributed by atoms with E-state index < -0.39 is 6.16 Å². The Balaban J connectivity index is 4.43. The molecule has 0 aliphatic heterocycles. The number of hydrogen-bond donors (Lipinski definition) is 0. The lowest BCUT2D eigenvalue weighted by Crippen LogP contribution is -2.35. The lowest BCUT2D eigenvalue weighted by atomic mass is 10.0. The summed E-state index contributed by atoms with van der Waals surface area (Å²) < 4.78 is 11.6. The van der Waals surface area contributed by atoms with Gasteiger partial charge in [-0.05, 0) is 117 Å². The quantitative estimate of drug-likeness (QED) is 0.0351. The van der Waals surface area contributed by atoms with E-state index in [1.165, 1.54) is 154 Å². The monoisotopic (exact) mass is 771 g/mol. The average Bonchev–Trinajstić information content (AvgIpc) is 3.17. The van der Waals surface area contributed by atoms with Gasteiger partial charge in [0.1, 0.15) is 12.7 Å². The van der Waals surface area contributed by atoms with Gasteiger partial charge in [0, 0.05) is 19.6 Å². The number of carbonyl (C=O) groups excluding carboxylic acids is 1. The molecule has 0 radical (unpaired) electrons. The molecule has 0 N–H and O–H groups in total. The molecule has 0 aliphatic rings. The molecular weight excluding hydrogens is 677 g/mol. The molecule has 5 heteroatoms. The van der Waals surface area contributed by atoms with E-state index in [9.17, 15) is 4.79 Å². The van der Waals surface area contributed by atoms with Gasteiger partial charge in [0.25, 0.3) is 0 Å². The van der Waals surface area contributed by atoms with Crippen LogP contribution < -0.4 is 0 Å². The van der Waals surface area contributed by atoms with Crippen molar-refractivity contribution in [2.75, 3.05) is 46.9 Å². The summed E-state index contributed by atoms with van der Waals surface area (Å²) in [5.74, 6) is 0. The van der Waals surface area contributed by atoms with Gasteiger partial charge in [-0.1, -0.05) is 166 Å². The zero-order valence-electron chi connectivity index (χ0n) is 37.6. The minimum absolute atomic E-state index is 0.0248. The molecule has 0 aromatic rings. The van der Waals surface area contributed by atoms with Crippen molar-refractivity contribution in [3.05, 3.63) is 48.6 Å². The molecule has 1 unspecified atom stereocenters. The van der Waals surface area contributed by atoms with Crippen molar-refractivity contribution in [2.45, 2.75) is 219 Å². The first-order valence-corrected chi connectivity index (χ1v) is 23.8. The Morgan fingerprint density at radius 1 is 0.455 bits per heavy atom. The van der Waals surface area contributed by atoms with E-state index in [0.717, 1.165) is 64.7 Å². The number of carbonyl (C=O) groups is 1. The fourth-order valence-electron chi connectivity index (χ4n) is 6.85. The number of unbranched alkanes of at least 4 members (excludes halogenated alkanes) is 21. The zero-order valence-corrected chi connectivity index (χ0v) is 37.6. The summed E-state index contributed by atoms with van der Waals surface area (Å²) in [4.78, 5) is 17.5. The van der Waals surface area contributed by atoms with E-state index in [-0.39, 0.29) is 6.10 Å². The molecule has 0 aliphatic carbocycles. The number of rotatable bonds is 42. The molecule has 0 heterocycles. The Morgan fingerprint density at radius 2 is 0.855 bits per heavy atom. The van der Waals surface area contributed by atoms with Crippen molar-refractivity contribution < 1.29 is 14.3 Å². The van der Waals surface area contributed by atoms with Crippen LogP contribution in [0.1, 0.15) is 213 Å². The molecule has 0 aromatic carbocycles. The van der Waals surface area contributed by atoms with E-state index >= 15 is 0 Å². The van der Waals surface area contributed by atoms with Crippen LogP contribution in [0.15, 0.2) is 48.6 Å². The van der Waals surface area contributed by atoms with Crippen molar-refractivity contribution in [2.24, 2.45) is 0 Å². The molecular formula is C50H94N2O3. The van der Waals surface area contributed by atoms with Gasteiger partial charge in [-0.2, -0.15) is 0 Å². The van der Waals surface area contributed by atoms with Gasteiger partial charge in [0.05, 0.1) is 0 Å². The summed E-state index contributed by atoms with van der Waals surface area (Å²) in [5.41, 5.74) is 0. The second-order valence-electron chi connectivity index (χ2n) is 16.3. The summed E-state index contributed by atoms with van der Waals surface area (Å²) in [5, 5.41) is 0. The Kier molecular flexibility index (Phi) is 43.4. The van der Waals surface area contributed by atoms with Gasteiger partial charge >= 0.3 is 6.16 Å². The maximum absolute atomic E-state index is 12.8. The van der Waals surface area contributed by atoms with Gasteiger partial charge < -0.3 is 14.4 Å². The lowest BCUT2D eigenvalue weighted by Gasteiger charge is -2.24. The minimum atomic E-state index is -0.471. The predicted octanol–water partition coefficient (Wildman–Crippen LogP) is 15.4. The van der Waals surface area contributed by atoms with E-state index in [2.05, 4.69) is 93.3 Å². The molecule has 0 spiro atoms. The van der Waals surface area contributed by atoms with E-state index in [1.54, 1.807) is 0 Å². The highest BCUT2D eigenvalue weighted by Crippen LogP contribution is 2.18. The average molecular weight is 771 g/mol. The van der Waals surface area contributed by atoms with Crippen molar-refractivity contribution in [3.8, 4) is 0 Å². The molecule has 1 atom stereocenters. The SMILES string of the molecule is CCCCC/C=C\C/C=C\CCCCCCCCC(CCCCCCCC/C=C\C/C=C\CCCCCC)OC(=O)OCCN(CCCCC)CCN(C)C. The Bertz CT molecular complexity index is 895. The molecule has 5 nitrogen and oxygen atoms in total. The standard InChI is InChI=1S/C50H94N2O3/c1-6-9-12-14-16-18-20-22-24-26-28-30-32-34-36-38-40-43-49(55-50(53)54-48-47-52(44-41-11-8-3)46-45-51(4)5)42-39-37-35-33-31-29-27-25-23-21-19-17-15-13-10-7-2/h17-20,23-26,49H,6-16,21-22,27-48H2,1-5H3/b19-17-,20-18-,25-23-,26-24-.